The van der Waals surface area contributed by atoms with Crippen LogP contribution in [-0.2, 0) is 24.6 Å². The van der Waals surface area contributed by atoms with Crippen LogP contribution in [0.25, 0.3) is 0 Å². The highest BCUT2D eigenvalue weighted by atomic mass is 32.2. The monoisotopic (exact) mass is 498 g/mol. The maximum atomic E-state index is 13.3. The largest absolute Gasteiger partial charge is 0.495 e. The van der Waals surface area contributed by atoms with Crippen LogP contribution in [0.15, 0.2) is 46.2 Å². The molecule has 180 valence electrons. The highest BCUT2D eigenvalue weighted by Crippen LogP contribution is 2.34. The number of nitrogens with one attached hydrogen (secondary N) is 1. The van der Waals surface area contributed by atoms with Crippen LogP contribution in [-0.4, -0.2) is 67.6 Å². The van der Waals surface area contributed by atoms with Gasteiger partial charge in [0.1, 0.15) is 10.6 Å². The van der Waals surface area contributed by atoms with Crippen LogP contribution in [0.5, 0.6) is 5.75 Å². The Morgan fingerprint density at radius 1 is 1.12 bits per heavy atom. The van der Waals surface area contributed by atoms with E-state index in [0.717, 1.165) is 12.3 Å². The van der Waals surface area contributed by atoms with Gasteiger partial charge in [-0.05, 0) is 49.2 Å². The van der Waals surface area contributed by atoms with Gasteiger partial charge >= 0.3 is 5.97 Å². The number of sulfonamides is 1. The minimum Gasteiger partial charge on any atom is -0.495 e. The van der Waals surface area contributed by atoms with E-state index in [0.29, 0.717) is 25.1 Å². The summed E-state index contributed by atoms with van der Waals surface area (Å²) in [6.07, 6.45) is 1.75. The normalized spacial score (nSPS) is 16.8. The molecule has 1 fully saturated rings. The van der Waals surface area contributed by atoms with Crippen molar-refractivity contribution in [3.05, 3.63) is 42.0 Å². The van der Waals surface area contributed by atoms with Crippen molar-refractivity contribution in [3.63, 3.8) is 0 Å². The van der Waals surface area contributed by atoms with Gasteiger partial charge in [-0.1, -0.05) is 0 Å². The summed E-state index contributed by atoms with van der Waals surface area (Å²) in [7, 11) is -5.49. The second-order valence-electron chi connectivity index (χ2n) is 7.66. The number of sulfone groups is 1. The van der Waals surface area contributed by atoms with Crippen LogP contribution < -0.4 is 14.4 Å². The Kier molecular flexibility index (Phi) is 7.20. The van der Waals surface area contributed by atoms with E-state index in [-0.39, 0.29) is 33.3 Å². The number of rotatable bonds is 7. The Morgan fingerprint density at radius 2 is 1.85 bits per heavy atom. The summed E-state index contributed by atoms with van der Waals surface area (Å²) in [5.41, 5.74) is 0.452. The van der Waals surface area contributed by atoms with Crippen LogP contribution in [0.1, 0.15) is 23.2 Å². The van der Waals surface area contributed by atoms with Crippen LogP contribution in [0, 0.1) is 0 Å². The average Bonchev–Trinajstić information content (AvgIpc) is 2.77. The molecular formula is C21H26N2O8S2. The molecule has 1 heterocycles. The first-order chi connectivity index (χ1) is 15.5. The van der Waals surface area contributed by atoms with E-state index in [9.17, 15) is 26.7 Å². The molecule has 2 N–H and O–H groups in total. The number of hydrogen-bond acceptors (Lipinski definition) is 9. The smallest absolute Gasteiger partial charge is 0.337 e. The average molecular weight is 499 g/mol. The predicted molar refractivity (Wildman–Crippen MR) is 122 cm³/mol. The van der Waals surface area contributed by atoms with Crippen molar-refractivity contribution >= 4 is 37.2 Å². The number of nitrogens with zero attached hydrogens (tertiary/aromatic N) is 1. The Bertz CT molecular complexity index is 1260. The van der Waals surface area contributed by atoms with Crippen LogP contribution in [0.2, 0.25) is 0 Å². The Morgan fingerprint density at radius 3 is 2.45 bits per heavy atom. The zero-order valence-electron chi connectivity index (χ0n) is 18.4. The SMILES string of the molecule is COC(=O)c1ccc(OC)c(S(=O)(=O)Nc2cc(S(C)(=O)=O)ccc2N2CCCC(O)C2)c1. The van der Waals surface area contributed by atoms with Crippen molar-refractivity contribution in [1.82, 2.24) is 0 Å². The number of benzene rings is 2. The van der Waals surface area contributed by atoms with Gasteiger partial charge in [-0.25, -0.2) is 21.6 Å². The number of anilines is 2. The summed E-state index contributed by atoms with van der Waals surface area (Å²) in [6.45, 7) is 0.833. The summed E-state index contributed by atoms with van der Waals surface area (Å²) >= 11 is 0. The van der Waals surface area contributed by atoms with Crippen molar-refractivity contribution in [1.29, 1.82) is 0 Å². The molecule has 2 aromatic rings. The van der Waals surface area contributed by atoms with E-state index in [2.05, 4.69) is 9.46 Å². The number of carbonyl (C=O) groups is 1. The number of methoxy groups -OCH3 is 2. The van der Waals surface area contributed by atoms with E-state index in [1.807, 2.05) is 0 Å². The molecule has 0 bridgehead atoms. The van der Waals surface area contributed by atoms with E-state index < -0.39 is 31.9 Å². The molecule has 1 aliphatic heterocycles. The van der Waals surface area contributed by atoms with Crippen LogP contribution in [0.3, 0.4) is 0 Å². The second-order valence-corrected chi connectivity index (χ2v) is 11.3. The number of ether oxygens (including phenoxy) is 2. The quantitative estimate of drug-likeness (QED) is 0.545. The molecule has 0 saturated carbocycles. The van der Waals surface area contributed by atoms with Crippen LogP contribution in [0.4, 0.5) is 11.4 Å². The molecule has 1 saturated heterocycles. The number of aliphatic hydroxyl groups is 1. The number of piperidine rings is 1. The third-order valence-electron chi connectivity index (χ3n) is 5.25. The molecular weight excluding hydrogens is 472 g/mol. The van der Waals surface area contributed by atoms with Crippen molar-refractivity contribution in [2.75, 3.05) is 43.2 Å². The van der Waals surface area contributed by atoms with E-state index in [4.69, 9.17) is 4.74 Å². The van der Waals surface area contributed by atoms with Gasteiger partial charge in [0.2, 0.25) is 0 Å². The van der Waals surface area contributed by atoms with Gasteiger partial charge in [-0.2, -0.15) is 0 Å². The van der Waals surface area contributed by atoms with E-state index in [1.165, 1.54) is 44.6 Å². The zero-order valence-corrected chi connectivity index (χ0v) is 20.1. The standard InChI is InChI=1S/C21H26N2O8S2/c1-30-19-9-6-14(21(25)31-2)11-20(19)33(28,29)22-17-12-16(32(3,26)27)7-8-18(17)23-10-4-5-15(24)13-23/h6-9,11-12,15,22,24H,4-5,10,13H2,1-3H3. The topological polar surface area (TPSA) is 139 Å². The molecule has 3 rings (SSSR count). The molecule has 10 nitrogen and oxygen atoms in total. The lowest BCUT2D eigenvalue weighted by Gasteiger charge is -2.33. The summed E-state index contributed by atoms with van der Waals surface area (Å²) in [5.74, 6) is -0.736. The van der Waals surface area contributed by atoms with Crippen molar-refractivity contribution in [3.8, 4) is 5.75 Å². The third-order valence-corrected chi connectivity index (χ3v) is 7.75. The summed E-state index contributed by atoms with van der Waals surface area (Å²) in [4.78, 5) is 13.3. The maximum absolute atomic E-state index is 13.3. The molecule has 0 aliphatic carbocycles. The van der Waals surface area contributed by atoms with E-state index in [1.54, 1.807) is 4.90 Å². The number of hydrogen-bond donors (Lipinski definition) is 2. The lowest BCUT2D eigenvalue weighted by molar-refractivity contribution is 0.0600. The molecule has 0 amide bonds. The lowest BCUT2D eigenvalue weighted by atomic mass is 10.1. The first-order valence-electron chi connectivity index (χ1n) is 10.0. The predicted octanol–water partition coefficient (Wildman–Crippen LogP) is 1.65. The molecule has 0 radical (unpaired) electrons. The van der Waals surface area contributed by atoms with Gasteiger partial charge in [0, 0.05) is 19.3 Å². The highest BCUT2D eigenvalue weighted by Gasteiger charge is 2.27. The van der Waals surface area contributed by atoms with Crippen molar-refractivity contribution in [2.45, 2.75) is 28.7 Å². The molecule has 33 heavy (non-hydrogen) atoms. The van der Waals surface area contributed by atoms with Crippen molar-refractivity contribution in [2.24, 2.45) is 0 Å². The first-order valence-corrected chi connectivity index (χ1v) is 13.4. The van der Waals surface area contributed by atoms with Crippen LogP contribution >= 0.6 is 0 Å². The van der Waals surface area contributed by atoms with Gasteiger partial charge in [0.25, 0.3) is 10.0 Å². The lowest BCUT2D eigenvalue weighted by Crippen LogP contribution is -2.38. The minimum absolute atomic E-state index is 0.00272. The fourth-order valence-corrected chi connectivity index (χ4v) is 5.52. The van der Waals surface area contributed by atoms with Gasteiger partial charge in [-0.15, -0.1) is 0 Å². The molecule has 1 aliphatic rings. The second kappa shape index (κ2) is 9.57. The molecule has 2 aromatic carbocycles. The molecule has 0 aromatic heterocycles. The summed E-state index contributed by atoms with van der Waals surface area (Å²) in [5, 5.41) is 10.1. The van der Waals surface area contributed by atoms with Gasteiger partial charge in [0.05, 0.1) is 42.2 Å². The zero-order chi connectivity index (χ0) is 24.4. The van der Waals surface area contributed by atoms with Gasteiger partial charge < -0.3 is 19.5 Å². The maximum Gasteiger partial charge on any atom is 0.337 e. The van der Waals surface area contributed by atoms with Gasteiger partial charge in [0.15, 0.2) is 9.84 Å². The fourth-order valence-electron chi connectivity index (χ4n) is 3.61. The number of β-amino-alcohol motifs (C(OH)–C–C–N with tert-alkyl or cyclic N) is 1. The number of esters is 1. The first kappa shape index (κ1) is 24.8. The molecule has 1 atom stereocenters. The number of carbonyl (C=O) groups excluding carboxylic acids is 1. The highest BCUT2D eigenvalue weighted by molar-refractivity contribution is 7.93. The molecule has 1 unspecified atom stereocenters. The number of aliphatic hydroxyl groups excluding tert-OH is 1. The molecule has 12 heteroatoms. The third kappa shape index (κ3) is 5.57. The summed E-state index contributed by atoms with van der Waals surface area (Å²) < 4.78 is 63.2. The van der Waals surface area contributed by atoms with Crippen molar-refractivity contribution < 1.29 is 36.2 Å². The minimum atomic E-state index is -4.32. The Balaban J connectivity index is 2.11. The molecule has 0 spiro atoms. The van der Waals surface area contributed by atoms with Gasteiger partial charge in [-0.3, -0.25) is 4.72 Å². The Hall–Kier alpha value is -2.83. The van der Waals surface area contributed by atoms with E-state index >= 15 is 0 Å². The summed E-state index contributed by atoms with van der Waals surface area (Å²) in [6, 6.07) is 7.96. The fraction of sp³-hybridized carbons (Fsp3) is 0.381. The Labute approximate surface area is 193 Å².